The molecule has 0 saturated carbocycles. The van der Waals surface area contributed by atoms with Crippen molar-refractivity contribution in [2.45, 2.75) is 51.4 Å². The van der Waals surface area contributed by atoms with Crippen molar-refractivity contribution in [3.05, 3.63) is 99.1 Å². The number of Topliss-reactive ketones (excluding diaryl/α,β-unsaturated/α-hetero) is 2. The minimum absolute atomic E-state index is 0.00676. The number of allylic oxidation sites excluding steroid dienone is 4. The first-order valence-electron chi connectivity index (χ1n) is 14.6. The molecule has 0 unspecified atom stereocenters. The number of rotatable bonds is 5. The van der Waals surface area contributed by atoms with Crippen LogP contribution in [0.2, 0.25) is 0 Å². The molecule has 1 aromatic heterocycles. The van der Waals surface area contributed by atoms with E-state index in [-0.39, 0.29) is 16.9 Å². The number of nitrogens with zero attached hydrogens (tertiary/aromatic N) is 1. The number of aliphatic hydroxyl groups excluding tert-OH is 1. The van der Waals surface area contributed by atoms with Crippen molar-refractivity contribution in [2.24, 2.45) is 4.99 Å². The fourth-order valence-electron chi connectivity index (χ4n) is 6.99. The molecule has 7 nitrogen and oxygen atoms in total. The maximum Gasteiger partial charge on any atom is 0.239 e. The summed E-state index contributed by atoms with van der Waals surface area (Å²) in [7, 11) is 3.26. The Kier molecular flexibility index (Phi) is 6.45. The van der Waals surface area contributed by atoms with E-state index < -0.39 is 11.6 Å². The SMILES string of the molecule is COc1ccccc1C1=N/C(=C2\C(=O)C(=O)C(c3[nH]c(-c4ccccc4OC)c4c3CCCC4)=C2O)C2=C1CCCC2. The van der Waals surface area contributed by atoms with Crippen LogP contribution < -0.4 is 9.47 Å². The van der Waals surface area contributed by atoms with E-state index in [0.29, 0.717) is 17.1 Å². The average molecular weight is 561 g/mol. The molecule has 2 heterocycles. The Bertz CT molecular complexity index is 1800. The molecule has 2 N–H and O–H groups in total. The summed E-state index contributed by atoms with van der Waals surface area (Å²) in [6.45, 7) is 0. The van der Waals surface area contributed by atoms with Crippen molar-refractivity contribution in [3.63, 3.8) is 0 Å². The van der Waals surface area contributed by atoms with E-state index in [1.807, 2.05) is 48.5 Å². The van der Waals surface area contributed by atoms with Gasteiger partial charge in [-0.15, -0.1) is 0 Å². The quantitative estimate of drug-likeness (QED) is 0.270. The first-order chi connectivity index (χ1) is 20.5. The molecular formula is C35H32N2O5. The summed E-state index contributed by atoms with van der Waals surface area (Å²) in [4.78, 5) is 35.9. The lowest BCUT2D eigenvalue weighted by atomic mass is 9.86. The van der Waals surface area contributed by atoms with Crippen molar-refractivity contribution in [3.8, 4) is 22.8 Å². The summed E-state index contributed by atoms with van der Waals surface area (Å²) < 4.78 is 11.3. The van der Waals surface area contributed by atoms with Crippen LogP contribution in [0.3, 0.4) is 0 Å². The number of benzene rings is 2. The molecule has 0 saturated heterocycles. The molecule has 212 valence electrons. The molecular weight excluding hydrogens is 528 g/mol. The number of aromatic nitrogens is 1. The number of methoxy groups -OCH3 is 2. The zero-order valence-electron chi connectivity index (χ0n) is 23.8. The van der Waals surface area contributed by atoms with E-state index in [2.05, 4.69) is 4.98 Å². The molecule has 7 rings (SSSR count). The normalized spacial score (nSPS) is 20.2. The number of ketones is 2. The fraction of sp³-hybridized carbons (Fsp3) is 0.286. The predicted octanol–water partition coefficient (Wildman–Crippen LogP) is 6.63. The topological polar surface area (TPSA) is 101 Å². The molecule has 0 fully saturated rings. The van der Waals surface area contributed by atoms with E-state index in [0.717, 1.165) is 102 Å². The number of ether oxygens (including phenoxy) is 2. The van der Waals surface area contributed by atoms with E-state index in [1.54, 1.807) is 14.2 Å². The summed E-state index contributed by atoms with van der Waals surface area (Å²) in [6, 6.07) is 15.4. The molecule has 3 aliphatic carbocycles. The van der Waals surface area contributed by atoms with Crippen LogP contribution in [0.5, 0.6) is 11.5 Å². The molecule has 4 aliphatic rings. The Morgan fingerprint density at radius 2 is 1.24 bits per heavy atom. The Morgan fingerprint density at radius 3 is 1.93 bits per heavy atom. The zero-order valence-corrected chi connectivity index (χ0v) is 23.8. The van der Waals surface area contributed by atoms with Crippen molar-refractivity contribution in [2.75, 3.05) is 14.2 Å². The highest BCUT2D eigenvalue weighted by Gasteiger charge is 2.44. The fourth-order valence-corrected chi connectivity index (χ4v) is 6.99. The van der Waals surface area contributed by atoms with Gasteiger partial charge < -0.3 is 19.6 Å². The van der Waals surface area contributed by atoms with Crippen LogP contribution in [-0.4, -0.2) is 41.6 Å². The number of nitrogens with one attached hydrogen (secondary N) is 1. The second-order valence-electron chi connectivity index (χ2n) is 11.2. The Balaban J connectivity index is 1.43. The molecule has 1 aliphatic heterocycles. The van der Waals surface area contributed by atoms with Gasteiger partial charge >= 0.3 is 0 Å². The zero-order chi connectivity index (χ0) is 29.0. The van der Waals surface area contributed by atoms with Crippen LogP contribution in [0.1, 0.15) is 60.9 Å². The molecule has 0 amide bonds. The van der Waals surface area contributed by atoms with Crippen LogP contribution in [0, 0.1) is 0 Å². The highest BCUT2D eigenvalue weighted by Crippen LogP contribution is 2.46. The Morgan fingerprint density at radius 1 is 0.690 bits per heavy atom. The number of para-hydroxylation sites is 2. The third-order valence-electron chi connectivity index (χ3n) is 8.94. The smallest absolute Gasteiger partial charge is 0.239 e. The van der Waals surface area contributed by atoms with Gasteiger partial charge in [0.15, 0.2) is 0 Å². The second kappa shape index (κ2) is 10.3. The van der Waals surface area contributed by atoms with Crippen LogP contribution in [0.25, 0.3) is 16.8 Å². The maximum absolute atomic E-state index is 13.7. The predicted molar refractivity (Wildman–Crippen MR) is 161 cm³/mol. The van der Waals surface area contributed by atoms with Gasteiger partial charge in [-0.2, -0.15) is 0 Å². The van der Waals surface area contributed by atoms with Crippen LogP contribution in [0.4, 0.5) is 0 Å². The van der Waals surface area contributed by atoms with E-state index in [1.165, 1.54) is 0 Å². The molecule has 0 spiro atoms. The molecule has 0 atom stereocenters. The summed E-state index contributed by atoms with van der Waals surface area (Å²) in [5.74, 6) is -0.290. The number of aliphatic hydroxyl groups is 1. The molecule has 2 aromatic carbocycles. The maximum atomic E-state index is 13.7. The Hall–Kier alpha value is -4.65. The highest BCUT2D eigenvalue weighted by atomic mass is 16.5. The number of aliphatic imine (C=N–C) groups is 1. The summed E-state index contributed by atoms with van der Waals surface area (Å²) in [5.41, 5.74) is 8.44. The lowest BCUT2D eigenvalue weighted by molar-refractivity contribution is -0.130. The van der Waals surface area contributed by atoms with Gasteiger partial charge in [0.05, 0.1) is 48.2 Å². The minimum Gasteiger partial charge on any atom is -0.506 e. The van der Waals surface area contributed by atoms with Crippen molar-refractivity contribution < 1.29 is 24.2 Å². The summed E-state index contributed by atoms with van der Waals surface area (Å²) in [6.07, 6.45) is 7.10. The lowest BCUT2D eigenvalue weighted by Gasteiger charge is -2.17. The number of H-pyrrole nitrogens is 1. The monoisotopic (exact) mass is 560 g/mol. The van der Waals surface area contributed by atoms with Gasteiger partial charge in [-0.1, -0.05) is 24.3 Å². The van der Waals surface area contributed by atoms with Crippen molar-refractivity contribution in [1.82, 2.24) is 4.98 Å². The van der Waals surface area contributed by atoms with Gasteiger partial charge in [0.1, 0.15) is 17.3 Å². The standard InChI is InChI=1S/C35H32N2O5/c1-41-25-17-9-7-15-23(25)29-19-11-3-5-13-21(19)31(36-29)27-33(38)28(35(40)34(27)39)32-22-14-6-4-12-20(22)30(37-32)24-16-8-10-18-26(24)42-2/h7-10,15-18,36,38H,3-6,11-14H2,1-2H3/b32-28-. The first-order valence-corrected chi connectivity index (χ1v) is 14.6. The van der Waals surface area contributed by atoms with Gasteiger partial charge in [-0.3, -0.25) is 9.59 Å². The van der Waals surface area contributed by atoms with Gasteiger partial charge in [0.25, 0.3) is 0 Å². The number of carbonyl (C=O) groups is 2. The lowest BCUT2D eigenvalue weighted by Crippen LogP contribution is -2.13. The molecule has 0 radical (unpaired) electrons. The van der Waals surface area contributed by atoms with Crippen LogP contribution in [0.15, 0.2) is 81.7 Å². The van der Waals surface area contributed by atoms with Gasteiger partial charge in [0, 0.05) is 11.1 Å². The summed E-state index contributed by atoms with van der Waals surface area (Å²) >= 11 is 0. The van der Waals surface area contributed by atoms with Gasteiger partial charge in [-0.25, -0.2) is 4.99 Å². The summed E-state index contributed by atoms with van der Waals surface area (Å²) in [5, 5.41) is 11.8. The largest absolute Gasteiger partial charge is 0.506 e. The first kappa shape index (κ1) is 26.3. The highest BCUT2D eigenvalue weighted by molar-refractivity contribution is 6.63. The number of aromatic amines is 1. The molecule has 42 heavy (non-hydrogen) atoms. The number of carbonyl (C=O) groups excluding carboxylic acids is 2. The third kappa shape index (κ3) is 3.91. The van der Waals surface area contributed by atoms with Gasteiger partial charge in [0.2, 0.25) is 11.6 Å². The molecule has 0 bridgehead atoms. The molecule has 7 heteroatoms. The van der Waals surface area contributed by atoms with Gasteiger partial charge in [-0.05, 0) is 97.9 Å². The minimum atomic E-state index is -0.710. The molecule has 3 aromatic rings. The third-order valence-corrected chi connectivity index (χ3v) is 8.94. The second-order valence-corrected chi connectivity index (χ2v) is 11.2. The average Bonchev–Trinajstić information content (AvgIpc) is 3.66. The Labute approximate surface area is 244 Å². The van der Waals surface area contributed by atoms with Crippen molar-refractivity contribution >= 4 is 22.9 Å². The number of hydrogen-bond acceptors (Lipinski definition) is 6. The van der Waals surface area contributed by atoms with E-state index >= 15 is 0 Å². The van der Waals surface area contributed by atoms with E-state index in [4.69, 9.17) is 14.5 Å². The van der Waals surface area contributed by atoms with Crippen molar-refractivity contribution in [1.29, 1.82) is 0 Å². The van der Waals surface area contributed by atoms with E-state index in [9.17, 15) is 14.7 Å². The number of hydrogen-bond donors (Lipinski definition) is 2. The van der Waals surface area contributed by atoms with Crippen LogP contribution >= 0.6 is 0 Å². The number of fused-ring (bicyclic) bond motifs is 1. The van der Waals surface area contributed by atoms with Crippen LogP contribution in [-0.2, 0) is 22.4 Å².